The maximum absolute atomic E-state index is 8.91. The van der Waals surface area contributed by atoms with Gasteiger partial charge in [-0.05, 0) is 44.2 Å². The number of anilines is 1. The smallest absolute Gasteiger partial charge is 0.0655 e. The van der Waals surface area contributed by atoms with E-state index in [0.717, 1.165) is 25.7 Å². The Morgan fingerprint density at radius 1 is 1.18 bits per heavy atom. The Morgan fingerprint density at radius 2 is 1.82 bits per heavy atom. The first-order valence-corrected chi connectivity index (χ1v) is 6.40. The normalized spacial score (nSPS) is 24.1. The molecule has 90 valence electrons. The Morgan fingerprint density at radius 3 is 2.41 bits per heavy atom. The molecule has 0 bridgehead atoms. The van der Waals surface area contributed by atoms with Gasteiger partial charge in [-0.25, -0.2) is 0 Å². The van der Waals surface area contributed by atoms with Gasteiger partial charge in [0.25, 0.3) is 0 Å². The third-order valence-corrected chi connectivity index (χ3v) is 3.92. The van der Waals surface area contributed by atoms with Gasteiger partial charge in [-0.15, -0.1) is 0 Å². The number of benzene rings is 1. The maximum Gasteiger partial charge on any atom is 0.0655 e. The number of para-hydroxylation sites is 1. The van der Waals surface area contributed by atoms with E-state index in [1.54, 1.807) is 0 Å². The van der Waals surface area contributed by atoms with Crippen molar-refractivity contribution in [3.05, 3.63) is 29.8 Å². The van der Waals surface area contributed by atoms with Crippen LogP contribution in [-0.2, 0) is 0 Å². The predicted octanol–water partition coefficient (Wildman–Crippen LogP) is 3.51. The van der Waals surface area contributed by atoms with Crippen LogP contribution in [0.4, 0.5) is 5.69 Å². The van der Waals surface area contributed by atoms with Crippen LogP contribution < -0.4 is 4.90 Å². The summed E-state index contributed by atoms with van der Waals surface area (Å²) in [5.74, 6) is 0.288. The highest BCUT2D eigenvalue weighted by molar-refractivity contribution is 5.53. The van der Waals surface area contributed by atoms with E-state index in [9.17, 15) is 0 Å². The molecule has 1 fully saturated rings. The van der Waals surface area contributed by atoms with Gasteiger partial charge >= 0.3 is 0 Å². The minimum atomic E-state index is 0.288. The molecule has 0 heterocycles. The molecule has 0 aliphatic heterocycles. The molecule has 2 rings (SSSR count). The lowest BCUT2D eigenvalue weighted by Crippen LogP contribution is -2.35. The largest absolute Gasteiger partial charge is 0.371 e. The monoisotopic (exact) mass is 228 g/mol. The van der Waals surface area contributed by atoms with Crippen molar-refractivity contribution in [3.63, 3.8) is 0 Å². The first-order valence-electron chi connectivity index (χ1n) is 6.40. The standard InChI is InChI=1S/C15H20N2/c1-12-5-3-4-6-15(12)17(2)14-9-7-13(11-16)8-10-14/h3-6,13-14H,7-10H2,1-2H3. The molecule has 1 saturated carbocycles. The summed E-state index contributed by atoms with van der Waals surface area (Å²) < 4.78 is 0. The molecule has 0 amide bonds. The van der Waals surface area contributed by atoms with Crippen molar-refractivity contribution in [2.24, 2.45) is 5.92 Å². The minimum Gasteiger partial charge on any atom is -0.371 e. The zero-order valence-electron chi connectivity index (χ0n) is 10.7. The third-order valence-electron chi connectivity index (χ3n) is 3.92. The molecule has 0 atom stereocenters. The van der Waals surface area contributed by atoms with E-state index < -0.39 is 0 Å². The van der Waals surface area contributed by atoms with Crippen LogP contribution in [0.1, 0.15) is 31.2 Å². The van der Waals surface area contributed by atoms with Crippen molar-refractivity contribution in [2.45, 2.75) is 38.6 Å². The maximum atomic E-state index is 8.91. The Labute approximate surface area is 104 Å². The van der Waals surface area contributed by atoms with E-state index in [1.807, 2.05) is 0 Å². The molecule has 2 nitrogen and oxygen atoms in total. The van der Waals surface area contributed by atoms with Crippen molar-refractivity contribution < 1.29 is 0 Å². The number of nitrogens with zero attached hydrogens (tertiary/aromatic N) is 2. The topological polar surface area (TPSA) is 27.0 Å². The summed E-state index contributed by atoms with van der Waals surface area (Å²) in [5, 5.41) is 8.91. The van der Waals surface area contributed by atoms with Crippen LogP contribution in [0.5, 0.6) is 0 Å². The average Bonchev–Trinajstić information content (AvgIpc) is 2.39. The Bertz CT molecular complexity index is 411. The summed E-state index contributed by atoms with van der Waals surface area (Å²) in [7, 11) is 2.18. The molecular weight excluding hydrogens is 208 g/mol. The Balaban J connectivity index is 2.05. The third kappa shape index (κ3) is 2.61. The van der Waals surface area contributed by atoms with Gasteiger partial charge in [0, 0.05) is 24.7 Å². The van der Waals surface area contributed by atoms with E-state index in [4.69, 9.17) is 5.26 Å². The van der Waals surface area contributed by atoms with Crippen molar-refractivity contribution in [2.75, 3.05) is 11.9 Å². The predicted molar refractivity (Wildman–Crippen MR) is 70.9 cm³/mol. The van der Waals surface area contributed by atoms with E-state index in [1.165, 1.54) is 11.3 Å². The summed E-state index contributed by atoms with van der Waals surface area (Å²) in [4.78, 5) is 2.39. The first kappa shape index (κ1) is 12.0. The van der Waals surface area contributed by atoms with Crippen LogP contribution in [0, 0.1) is 24.2 Å². The lowest BCUT2D eigenvalue weighted by Gasteiger charge is -2.35. The molecule has 1 aromatic carbocycles. The molecule has 17 heavy (non-hydrogen) atoms. The Hall–Kier alpha value is -1.49. The van der Waals surface area contributed by atoms with E-state index in [-0.39, 0.29) is 5.92 Å². The van der Waals surface area contributed by atoms with Gasteiger partial charge in [-0.2, -0.15) is 5.26 Å². The lowest BCUT2D eigenvalue weighted by atomic mass is 9.86. The highest BCUT2D eigenvalue weighted by atomic mass is 15.1. The second kappa shape index (κ2) is 5.23. The fraction of sp³-hybridized carbons (Fsp3) is 0.533. The van der Waals surface area contributed by atoms with Gasteiger partial charge in [0.05, 0.1) is 6.07 Å². The molecule has 0 unspecified atom stereocenters. The average molecular weight is 228 g/mol. The van der Waals surface area contributed by atoms with Crippen LogP contribution in [-0.4, -0.2) is 13.1 Å². The van der Waals surface area contributed by atoms with Crippen LogP contribution in [0.2, 0.25) is 0 Å². The van der Waals surface area contributed by atoms with Gasteiger partial charge < -0.3 is 4.90 Å². The fourth-order valence-corrected chi connectivity index (χ4v) is 2.75. The molecule has 1 aliphatic rings. The van der Waals surface area contributed by atoms with Crippen LogP contribution in [0.3, 0.4) is 0 Å². The van der Waals surface area contributed by atoms with Gasteiger partial charge in [0.15, 0.2) is 0 Å². The van der Waals surface area contributed by atoms with Gasteiger partial charge in [-0.3, -0.25) is 0 Å². The molecular formula is C15H20N2. The quantitative estimate of drug-likeness (QED) is 0.774. The molecule has 0 N–H and O–H groups in total. The zero-order chi connectivity index (χ0) is 12.3. The Kier molecular flexibility index (Phi) is 3.68. The van der Waals surface area contributed by atoms with Crippen molar-refractivity contribution in [1.82, 2.24) is 0 Å². The van der Waals surface area contributed by atoms with E-state index in [2.05, 4.69) is 49.2 Å². The SMILES string of the molecule is Cc1ccccc1N(C)C1CCC(C#N)CC1. The second-order valence-electron chi connectivity index (χ2n) is 5.03. The number of nitriles is 1. The summed E-state index contributed by atoms with van der Waals surface area (Å²) in [6, 6.07) is 11.5. The van der Waals surface area contributed by atoms with Gasteiger partial charge in [-0.1, -0.05) is 18.2 Å². The molecule has 2 heteroatoms. The van der Waals surface area contributed by atoms with E-state index >= 15 is 0 Å². The number of rotatable bonds is 2. The van der Waals surface area contributed by atoms with Gasteiger partial charge in [0.1, 0.15) is 0 Å². The van der Waals surface area contributed by atoms with Crippen LogP contribution >= 0.6 is 0 Å². The minimum absolute atomic E-state index is 0.288. The summed E-state index contributed by atoms with van der Waals surface area (Å²) in [5.41, 5.74) is 2.66. The lowest BCUT2D eigenvalue weighted by molar-refractivity contribution is 0.372. The van der Waals surface area contributed by atoms with Crippen molar-refractivity contribution >= 4 is 5.69 Å². The van der Waals surface area contributed by atoms with Gasteiger partial charge in [0.2, 0.25) is 0 Å². The van der Waals surface area contributed by atoms with Crippen molar-refractivity contribution in [1.29, 1.82) is 5.26 Å². The molecule has 0 spiro atoms. The fourth-order valence-electron chi connectivity index (χ4n) is 2.75. The number of aryl methyl sites for hydroxylation is 1. The van der Waals surface area contributed by atoms with Crippen molar-refractivity contribution in [3.8, 4) is 6.07 Å². The molecule has 1 aromatic rings. The zero-order valence-corrected chi connectivity index (χ0v) is 10.7. The summed E-state index contributed by atoms with van der Waals surface area (Å²) >= 11 is 0. The number of hydrogen-bond donors (Lipinski definition) is 0. The second-order valence-corrected chi connectivity index (χ2v) is 5.03. The number of hydrogen-bond acceptors (Lipinski definition) is 2. The summed E-state index contributed by atoms with van der Waals surface area (Å²) in [6.45, 7) is 2.16. The molecule has 0 radical (unpaired) electrons. The van der Waals surface area contributed by atoms with E-state index in [0.29, 0.717) is 6.04 Å². The first-order chi connectivity index (χ1) is 8.22. The molecule has 0 saturated heterocycles. The highest BCUT2D eigenvalue weighted by Crippen LogP contribution is 2.30. The highest BCUT2D eigenvalue weighted by Gasteiger charge is 2.24. The van der Waals surface area contributed by atoms with Crippen LogP contribution in [0.25, 0.3) is 0 Å². The molecule has 1 aliphatic carbocycles. The molecule has 0 aromatic heterocycles. The summed E-state index contributed by atoms with van der Waals surface area (Å²) in [6.07, 6.45) is 4.39. The van der Waals surface area contributed by atoms with Crippen LogP contribution in [0.15, 0.2) is 24.3 Å².